The van der Waals surface area contributed by atoms with Gasteiger partial charge >= 0.3 is 0 Å². The molecule has 1 saturated heterocycles. The van der Waals surface area contributed by atoms with Crippen LogP contribution in [-0.2, 0) is 0 Å². The molecule has 1 atom stereocenters. The quantitative estimate of drug-likeness (QED) is 0.855. The van der Waals surface area contributed by atoms with E-state index in [9.17, 15) is 0 Å². The third kappa shape index (κ3) is 2.96. The fourth-order valence-corrected chi connectivity index (χ4v) is 2.15. The summed E-state index contributed by atoms with van der Waals surface area (Å²) in [5.74, 6) is 1.07. The molecule has 4 heteroatoms. The summed E-state index contributed by atoms with van der Waals surface area (Å²) in [5, 5.41) is 0. The van der Waals surface area contributed by atoms with Gasteiger partial charge < -0.3 is 15.5 Å². The molecule has 0 spiro atoms. The molecule has 94 valence electrons. The third-order valence-electron chi connectivity index (χ3n) is 3.44. The van der Waals surface area contributed by atoms with Crippen LogP contribution in [0.15, 0.2) is 18.3 Å². The summed E-state index contributed by atoms with van der Waals surface area (Å²) in [7, 11) is 0. The molecule has 0 unspecified atom stereocenters. The molecule has 1 aliphatic rings. The summed E-state index contributed by atoms with van der Waals surface area (Å²) in [6, 6.07) is 4.23. The topological polar surface area (TPSA) is 45.4 Å². The van der Waals surface area contributed by atoms with E-state index in [1.165, 1.54) is 0 Å². The first-order chi connectivity index (χ1) is 8.20. The summed E-state index contributed by atoms with van der Waals surface area (Å²) in [5.41, 5.74) is 6.92. The van der Waals surface area contributed by atoms with E-state index in [0.717, 1.165) is 44.1 Å². The zero-order valence-corrected chi connectivity index (χ0v) is 10.8. The van der Waals surface area contributed by atoms with Crippen LogP contribution in [0.5, 0.6) is 0 Å². The predicted molar refractivity (Wildman–Crippen MR) is 71.2 cm³/mol. The fourth-order valence-electron chi connectivity index (χ4n) is 2.15. The van der Waals surface area contributed by atoms with E-state index in [4.69, 9.17) is 5.73 Å². The number of pyridine rings is 1. The number of nitrogens with two attached hydrogens (primary N) is 1. The molecule has 0 bridgehead atoms. The van der Waals surface area contributed by atoms with Crippen molar-refractivity contribution < 1.29 is 0 Å². The van der Waals surface area contributed by atoms with Crippen molar-refractivity contribution in [3.05, 3.63) is 23.9 Å². The molecule has 0 aliphatic carbocycles. The molecule has 1 fully saturated rings. The van der Waals surface area contributed by atoms with Crippen molar-refractivity contribution in [1.82, 2.24) is 9.88 Å². The molecule has 1 aromatic rings. The monoisotopic (exact) mass is 234 g/mol. The normalized spacial score (nSPS) is 19.4. The number of piperazine rings is 1. The van der Waals surface area contributed by atoms with E-state index in [1.54, 1.807) is 0 Å². The average Bonchev–Trinajstić information content (AvgIpc) is 2.39. The third-order valence-corrected chi connectivity index (χ3v) is 3.44. The summed E-state index contributed by atoms with van der Waals surface area (Å²) in [6.07, 6.45) is 1.90. The van der Waals surface area contributed by atoms with Crippen LogP contribution in [0, 0.1) is 0 Å². The molecule has 4 nitrogen and oxygen atoms in total. The first kappa shape index (κ1) is 12.3. The van der Waals surface area contributed by atoms with E-state index < -0.39 is 0 Å². The molecule has 17 heavy (non-hydrogen) atoms. The van der Waals surface area contributed by atoms with Gasteiger partial charge in [-0.25, -0.2) is 4.98 Å². The number of hydrogen-bond acceptors (Lipinski definition) is 4. The lowest BCUT2D eigenvalue weighted by atomic mass is 10.1. The smallest absolute Gasteiger partial charge is 0.128 e. The van der Waals surface area contributed by atoms with E-state index in [0.29, 0.717) is 0 Å². The Labute approximate surface area is 103 Å². The molecular weight excluding hydrogens is 212 g/mol. The zero-order valence-electron chi connectivity index (χ0n) is 10.8. The Balaban J connectivity index is 1.99. The second-order valence-electron chi connectivity index (χ2n) is 4.66. The Morgan fingerprint density at radius 2 is 2.00 bits per heavy atom. The van der Waals surface area contributed by atoms with Crippen molar-refractivity contribution in [2.24, 2.45) is 5.73 Å². The van der Waals surface area contributed by atoms with Gasteiger partial charge in [0, 0.05) is 38.4 Å². The Morgan fingerprint density at radius 3 is 2.47 bits per heavy atom. The van der Waals surface area contributed by atoms with Crippen LogP contribution in [0.25, 0.3) is 0 Å². The molecular formula is C13H22N4. The highest BCUT2D eigenvalue weighted by Gasteiger charge is 2.16. The summed E-state index contributed by atoms with van der Waals surface area (Å²) < 4.78 is 0. The maximum atomic E-state index is 5.82. The van der Waals surface area contributed by atoms with Crippen LogP contribution in [0.4, 0.5) is 5.82 Å². The van der Waals surface area contributed by atoms with Crippen molar-refractivity contribution in [3.63, 3.8) is 0 Å². The van der Waals surface area contributed by atoms with Crippen LogP contribution in [0.1, 0.15) is 25.5 Å². The first-order valence-electron chi connectivity index (χ1n) is 6.39. The van der Waals surface area contributed by atoms with Gasteiger partial charge in [0.05, 0.1) is 0 Å². The van der Waals surface area contributed by atoms with Gasteiger partial charge in [0.1, 0.15) is 5.82 Å². The van der Waals surface area contributed by atoms with Crippen molar-refractivity contribution in [1.29, 1.82) is 0 Å². The Morgan fingerprint density at radius 1 is 1.29 bits per heavy atom. The lowest BCUT2D eigenvalue weighted by molar-refractivity contribution is 0.270. The van der Waals surface area contributed by atoms with Crippen molar-refractivity contribution >= 4 is 5.82 Å². The molecule has 0 radical (unpaired) electrons. The SMILES string of the molecule is CCN1CCN(c2ccc([C@H](C)N)cn2)CC1. The second kappa shape index (κ2) is 5.47. The van der Waals surface area contributed by atoms with Crippen LogP contribution in [0.2, 0.25) is 0 Å². The zero-order chi connectivity index (χ0) is 12.3. The molecule has 0 aromatic carbocycles. The van der Waals surface area contributed by atoms with E-state index in [2.05, 4.69) is 33.8 Å². The summed E-state index contributed by atoms with van der Waals surface area (Å²) in [4.78, 5) is 9.31. The minimum absolute atomic E-state index is 0.0634. The van der Waals surface area contributed by atoms with Crippen molar-refractivity contribution in [2.45, 2.75) is 19.9 Å². The van der Waals surface area contributed by atoms with Gasteiger partial charge in [-0.2, -0.15) is 0 Å². The summed E-state index contributed by atoms with van der Waals surface area (Å²) >= 11 is 0. The fraction of sp³-hybridized carbons (Fsp3) is 0.615. The maximum Gasteiger partial charge on any atom is 0.128 e. The maximum absolute atomic E-state index is 5.82. The standard InChI is InChI=1S/C13H22N4/c1-3-16-6-8-17(9-7-16)13-5-4-12(10-15-13)11(2)14/h4-5,10-11H,3,6-9,14H2,1-2H3/t11-/m0/s1. The Kier molecular flexibility index (Phi) is 3.97. The van der Waals surface area contributed by atoms with Gasteiger partial charge in [-0.05, 0) is 25.1 Å². The largest absolute Gasteiger partial charge is 0.354 e. The number of likely N-dealkylation sites (N-methyl/N-ethyl adjacent to an activating group) is 1. The first-order valence-corrected chi connectivity index (χ1v) is 6.39. The van der Waals surface area contributed by atoms with E-state index in [1.807, 2.05) is 13.1 Å². The summed E-state index contributed by atoms with van der Waals surface area (Å²) in [6.45, 7) is 9.74. The van der Waals surface area contributed by atoms with Gasteiger partial charge in [0.15, 0.2) is 0 Å². The highest BCUT2D eigenvalue weighted by Crippen LogP contribution is 2.16. The average molecular weight is 234 g/mol. The highest BCUT2D eigenvalue weighted by molar-refractivity contribution is 5.40. The number of rotatable bonds is 3. The second-order valence-corrected chi connectivity index (χ2v) is 4.66. The Hall–Kier alpha value is -1.13. The molecule has 2 heterocycles. The van der Waals surface area contributed by atoms with Crippen molar-refractivity contribution in [2.75, 3.05) is 37.6 Å². The Bertz CT molecular complexity index is 339. The molecule has 1 aromatic heterocycles. The van der Waals surface area contributed by atoms with Gasteiger partial charge in [0.25, 0.3) is 0 Å². The minimum Gasteiger partial charge on any atom is -0.354 e. The molecule has 2 N–H and O–H groups in total. The molecule has 2 rings (SSSR count). The van der Waals surface area contributed by atoms with E-state index in [-0.39, 0.29) is 6.04 Å². The number of nitrogens with zero attached hydrogens (tertiary/aromatic N) is 3. The van der Waals surface area contributed by atoms with Gasteiger partial charge in [0.2, 0.25) is 0 Å². The molecule has 0 amide bonds. The predicted octanol–water partition coefficient (Wildman–Crippen LogP) is 1.24. The van der Waals surface area contributed by atoms with E-state index >= 15 is 0 Å². The number of anilines is 1. The lowest BCUT2D eigenvalue weighted by Gasteiger charge is -2.34. The molecule has 1 aliphatic heterocycles. The van der Waals surface area contributed by atoms with Crippen LogP contribution in [0.3, 0.4) is 0 Å². The number of hydrogen-bond donors (Lipinski definition) is 1. The van der Waals surface area contributed by atoms with Gasteiger partial charge in [-0.15, -0.1) is 0 Å². The van der Waals surface area contributed by atoms with Gasteiger partial charge in [-0.3, -0.25) is 0 Å². The lowest BCUT2D eigenvalue weighted by Crippen LogP contribution is -2.46. The van der Waals surface area contributed by atoms with Gasteiger partial charge in [-0.1, -0.05) is 13.0 Å². The van der Waals surface area contributed by atoms with Crippen molar-refractivity contribution in [3.8, 4) is 0 Å². The molecule has 0 saturated carbocycles. The highest BCUT2D eigenvalue weighted by atomic mass is 15.3. The number of aromatic nitrogens is 1. The van der Waals surface area contributed by atoms with Crippen LogP contribution < -0.4 is 10.6 Å². The van der Waals surface area contributed by atoms with Crippen LogP contribution >= 0.6 is 0 Å². The van der Waals surface area contributed by atoms with Crippen LogP contribution in [-0.4, -0.2) is 42.6 Å². The minimum atomic E-state index is 0.0634.